The minimum absolute atomic E-state index is 0.0493. The summed E-state index contributed by atoms with van der Waals surface area (Å²) in [4.78, 5) is 13.5. The summed E-state index contributed by atoms with van der Waals surface area (Å²) in [5, 5.41) is 4.87. The lowest BCUT2D eigenvalue weighted by Gasteiger charge is -2.09. The van der Waals surface area contributed by atoms with E-state index in [1.165, 1.54) is 17.2 Å². The van der Waals surface area contributed by atoms with Crippen LogP contribution in [0.15, 0.2) is 40.6 Å². The summed E-state index contributed by atoms with van der Waals surface area (Å²) in [5.41, 5.74) is 1.41. The summed E-state index contributed by atoms with van der Waals surface area (Å²) in [6, 6.07) is 8.81. The van der Waals surface area contributed by atoms with E-state index in [0.717, 1.165) is 18.4 Å². The van der Waals surface area contributed by atoms with Gasteiger partial charge in [0.05, 0.1) is 4.90 Å². The van der Waals surface area contributed by atoms with Crippen molar-refractivity contribution in [1.29, 1.82) is 0 Å². The van der Waals surface area contributed by atoms with Crippen molar-refractivity contribution in [2.75, 3.05) is 11.6 Å². The van der Waals surface area contributed by atoms with Gasteiger partial charge in [0, 0.05) is 23.2 Å². The number of sulfone groups is 1. The summed E-state index contributed by atoms with van der Waals surface area (Å²) in [5.74, 6) is -0.0493. The zero-order chi connectivity index (χ0) is 16.2. The van der Waals surface area contributed by atoms with E-state index in [0.29, 0.717) is 12.1 Å². The van der Waals surface area contributed by atoms with E-state index < -0.39 is 9.84 Å². The van der Waals surface area contributed by atoms with Crippen molar-refractivity contribution in [2.45, 2.75) is 31.1 Å². The molecule has 0 aliphatic rings. The van der Waals surface area contributed by atoms with Crippen LogP contribution in [0.25, 0.3) is 0 Å². The molecule has 22 heavy (non-hydrogen) atoms. The molecule has 6 heteroatoms. The summed E-state index contributed by atoms with van der Waals surface area (Å²) in [6.45, 7) is 1.79. The molecule has 1 aromatic heterocycles. The number of hydrogen-bond donors (Lipinski definition) is 1. The molecule has 118 valence electrons. The van der Waals surface area contributed by atoms with Gasteiger partial charge in [-0.05, 0) is 55.0 Å². The van der Waals surface area contributed by atoms with Gasteiger partial charge in [-0.1, -0.05) is 6.07 Å². The maximum atomic E-state index is 11.9. The van der Waals surface area contributed by atoms with Crippen molar-refractivity contribution in [2.24, 2.45) is 0 Å². The Kier molecular flexibility index (Phi) is 5.37. The molecule has 1 amide bonds. The average Bonchev–Trinajstić information content (AvgIpc) is 2.93. The first-order valence-corrected chi connectivity index (χ1v) is 9.76. The molecule has 0 atom stereocenters. The smallest absolute Gasteiger partial charge is 0.224 e. The maximum absolute atomic E-state index is 11.9. The Labute approximate surface area is 135 Å². The molecule has 0 radical (unpaired) electrons. The van der Waals surface area contributed by atoms with Crippen molar-refractivity contribution < 1.29 is 13.2 Å². The first kappa shape index (κ1) is 16.7. The molecule has 0 aliphatic carbocycles. The molecule has 2 aromatic rings. The molecule has 0 saturated carbocycles. The van der Waals surface area contributed by atoms with E-state index in [9.17, 15) is 13.2 Å². The van der Waals surface area contributed by atoms with Gasteiger partial charge in [0.25, 0.3) is 0 Å². The van der Waals surface area contributed by atoms with E-state index in [4.69, 9.17) is 0 Å². The van der Waals surface area contributed by atoms with Gasteiger partial charge in [-0.15, -0.1) is 11.3 Å². The molecule has 1 aromatic carbocycles. The topological polar surface area (TPSA) is 63.2 Å². The second kappa shape index (κ2) is 7.07. The molecule has 0 fully saturated rings. The highest BCUT2D eigenvalue weighted by molar-refractivity contribution is 7.90. The summed E-state index contributed by atoms with van der Waals surface area (Å²) >= 11 is 1.70. The van der Waals surface area contributed by atoms with Gasteiger partial charge in [-0.3, -0.25) is 4.79 Å². The van der Waals surface area contributed by atoms with Crippen molar-refractivity contribution in [3.63, 3.8) is 0 Å². The second-order valence-electron chi connectivity index (χ2n) is 5.23. The van der Waals surface area contributed by atoms with Gasteiger partial charge in [0.1, 0.15) is 0 Å². The molecule has 1 heterocycles. The second-order valence-corrected chi connectivity index (χ2v) is 8.28. The van der Waals surface area contributed by atoms with Gasteiger partial charge in [-0.2, -0.15) is 0 Å². The third-order valence-electron chi connectivity index (χ3n) is 3.31. The number of carbonyl (C=O) groups excluding carboxylic acids is 1. The average molecular weight is 337 g/mol. The quantitative estimate of drug-likeness (QED) is 0.878. The molecular formula is C16H19NO3S2. The monoisotopic (exact) mass is 337 g/mol. The molecule has 0 saturated heterocycles. The molecule has 0 aliphatic heterocycles. The Balaban J connectivity index is 1.91. The first-order chi connectivity index (χ1) is 10.4. The molecule has 2 rings (SSSR count). The number of nitrogens with one attached hydrogen (secondary N) is 1. The fourth-order valence-corrected chi connectivity index (χ4v) is 3.56. The zero-order valence-corrected chi connectivity index (χ0v) is 14.3. The number of anilines is 1. The Morgan fingerprint density at radius 3 is 2.64 bits per heavy atom. The maximum Gasteiger partial charge on any atom is 0.224 e. The van der Waals surface area contributed by atoms with Crippen LogP contribution in [0.3, 0.4) is 0 Å². The number of benzene rings is 1. The van der Waals surface area contributed by atoms with Gasteiger partial charge in [0.15, 0.2) is 9.84 Å². The highest BCUT2D eigenvalue weighted by atomic mass is 32.2. The lowest BCUT2D eigenvalue weighted by molar-refractivity contribution is -0.116. The molecule has 0 spiro atoms. The van der Waals surface area contributed by atoms with Crippen LogP contribution >= 0.6 is 11.3 Å². The van der Waals surface area contributed by atoms with E-state index in [-0.39, 0.29) is 10.8 Å². The number of amides is 1. The van der Waals surface area contributed by atoms with Crippen LogP contribution in [0.5, 0.6) is 0 Å². The molecule has 1 N–H and O–H groups in total. The molecule has 0 bridgehead atoms. The summed E-state index contributed by atoms with van der Waals surface area (Å²) in [6.07, 6.45) is 3.32. The summed E-state index contributed by atoms with van der Waals surface area (Å²) in [7, 11) is -3.22. The molecular weight excluding hydrogens is 318 g/mol. The third-order valence-corrected chi connectivity index (χ3v) is 5.35. The minimum Gasteiger partial charge on any atom is -0.326 e. The number of carbonyl (C=O) groups is 1. The van der Waals surface area contributed by atoms with Crippen molar-refractivity contribution in [1.82, 2.24) is 0 Å². The Bertz CT molecular complexity index is 750. The summed E-state index contributed by atoms with van der Waals surface area (Å²) < 4.78 is 23.0. The van der Waals surface area contributed by atoms with E-state index in [2.05, 4.69) is 11.4 Å². The van der Waals surface area contributed by atoms with Crippen LogP contribution in [0.4, 0.5) is 5.69 Å². The largest absolute Gasteiger partial charge is 0.326 e. The SMILES string of the molecule is Cc1cc(S(C)(=O)=O)ccc1NC(=O)CCCc1cccs1. The Morgan fingerprint density at radius 2 is 2.05 bits per heavy atom. The van der Waals surface area contributed by atoms with Gasteiger partial charge < -0.3 is 5.32 Å². The molecule has 0 unspecified atom stereocenters. The van der Waals surface area contributed by atoms with Crippen LogP contribution in [0.2, 0.25) is 0 Å². The lowest BCUT2D eigenvalue weighted by atomic mass is 10.1. The number of hydrogen-bond acceptors (Lipinski definition) is 4. The first-order valence-electron chi connectivity index (χ1n) is 6.99. The van der Waals surface area contributed by atoms with Crippen LogP contribution in [-0.2, 0) is 21.1 Å². The van der Waals surface area contributed by atoms with Gasteiger partial charge >= 0.3 is 0 Å². The molecule has 4 nitrogen and oxygen atoms in total. The predicted octanol–water partition coefficient (Wildman–Crippen LogP) is 3.42. The van der Waals surface area contributed by atoms with E-state index >= 15 is 0 Å². The predicted molar refractivity (Wildman–Crippen MR) is 90.2 cm³/mol. The van der Waals surface area contributed by atoms with E-state index in [1.54, 1.807) is 30.4 Å². The van der Waals surface area contributed by atoms with Crippen LogP contribution < -0.4 is 5.32 Å². The lowest BCUT2D eigenvalue weighted by Crippen LogP contribution is -2.12. The standard InChI is InChI=1S/C16H19NO3S2/c1-12-11-14(22(2,19)20)8-9-15(12)17-16(18)7-3-5-13-6-4-10-21-13/h4,6,8-11H,3,5,7H2,1-2H3,(H,17,18). The number of thiophene rings is 1. The fourth-order valence-electron chi connectivity index (χ4n) is 2.10. The van der Waals surface area contributed by atoms with Gasteiger partial charge in [0.2, 0.25) is 5.91 Å². The van der Waals surface area contributed by atoms with Crippen LogP contribution in [-0.4, -0.2) is 20.6 Å². The van der Waals surface area contributed by atoms with Gasteiger partial charge in [-0.25, -0.2) is 8.42 Å². The normalized spacial score (nSPS) is 11.4. The van der Waals surface area contributed by atoms with Crippen molar-refractivity contribution in [3.8, 4) is 0 Å². The van der Waals surface area contributed by atoms with Crippen LogP contribution in [0.1, 0.15) is 23.3 Å². The fraction of sp³-hybridized carbons (Fsp3) is 0.312. The van der Waals surface area contributed by atoms with Crippen molar-refractivity contribution in [3.05, 3.63) is 46.2 Å². The van der Waals surface area contributed by atoms with E-state index in [1.807, 2.05) is 11.4 Å². The Morgan fingerprint density at radius 1 is 1.27 bits per heavy atom. The number of aryl methyl sites for hydroxylation is 2. The highest BCUT2D eigenvalue weighted by Gasteiger charge is 2.10. The van der Waals surface area contributed by atoms with Crippen molar-refractivity contribution >= 4 is 32.8 Å². The number of rotatable bonds is 6. The third kappa shape index (κ3) is 4.68. The highest BCUT2D eigenvalue weighted by Crippen LogP contribution is 2.20. The van der Waals surface area contributed by atoms with Crippen LogP contribution in [0, 0.1) is 6.92 Å². The zero-order valence-electron chi connectivity index (χ0n) is 12.6. The minimum atomic E-state index is -3.22. The Hall–Kier alpha value is -1.66.